The van der Waals surface area contributed by atoms with Crippen LogP contribution in [0.5, 0.6) is 5.75 Å². The Hall–Kier alpha value is -2.17. The number of H-pyrrole nitrogens is 1. The van der Waals surface area contributed by atoms with Gasteiger partial charge in [0.2, 0.25) is 0 Å². The highest BCUT2D eigenvalue weighted by molar-refractivity contribution is 5.42. The van der Waals surface area contributed by atoms with E-state index in [2.05, 4.69) is 5.10 Å². The van der Waals surface area contributed by atoms with Crippen LogP contribution in [0.25, 0.3) is 5.69 Å². The Bertz CT molecular complexity index is 496. The van der Waals surface area contributed by atoms with Gasteiger partial charge in [-0.2, -0.15) is 0 Å². The van der Waals surface area contributed by atoms with Crippen LogP contribution >= 0.6 is 0 Å². The van der Waals surface area contributed by atoms with Crippen molar-refractivity contribution in [2.45, 2.75) is 0 Å². The van der Waals surface area contributed by atoms with Crippen LogP contribution in [0.3, 0.4) is 0 Å². The zero-order chi connectivity index (χ0) is 10.1. The Morgan fingerprint density at radius 1 is 1.29 bits per heavy atom. The van der Waals surface area contributed by atoms with Crippen molar-refractivity contribution in [2.75, 3.05) is 5.73 Å². The smallest absolute Gasteiger partial charge is 0.266 e. The van der Waals surface area contributed by atoms with Gasteiger partial charge in [0.15, 0.2) is 0 Å². The zero-order valence-electron chi connectivity index (χ0n) is 7.27. The summed E-state index contributed by atoms with van der Waals surface area (Å²) in [5, 5.41) is 11.6. The second-order valence-corrected chi connectivity index (χ2v) is 2.90. The van der Waals surface area contributed by atoms with Crippen LogP contribution in [0.2, 0.25) is 0 Å². The molecule has 0 atom stereocenters. The molecule has 1 heterocycles. The molecule has 72 valence electrons. The highest BCUT2D eigenvalue weighted by atomic mass is 16.3. The number of phenols is 1. The molecule has 0 radical (unpaired) electrons. The molecule has 2 aromatic rings. The average molecular weight is 191 g/mol. The number of aromatic hydroxyl groups is 1. The molecule has 5 nitrogen and oxygen atoms in total. The lowest BCUT2D eigenvalue weighted by molar-refractivity contribution is 0.475. The van der Waals surface area contributed by atoms with Crippen LogP contribution in [-0.4, -0.2) is 14.9 Å². The first-order valence-electron chi connectivity index (χ1n) is 4.04. The van der Waals surface area contributed by atoms with Gasteiger partial charge in [-0.1, -0.05) is 0 Å². The van der Waals surface area contributed by atoms with E-state index < -0.39 is 0 Å². The molecule has 0 saturated carbocycles. The fourth-order valence-corrected chi connectivity index (χ4v) is 1.22. The normalized spacial score (nSPS) is 10.3. The second-order valence-electron chi connectivity index (χ2n) is 2.90. The van der Waals surface area contributed by atoms with Gasteiger partial charge < -0.3 is 10.8 Å². The van der Waals surface area contributed by atoms with Crippen molar-refractivity contribution in [1.82, 2.24) is 9.78 Å². The summed E-state index contributed by atoms with van der Waals surface area (Å²) in [5.41, 5.74) is 6.02. The predicted octanol–water partition coefficient (Wildman–Crippen LogP) is 0.453. The first-order valence-corrected chi connectivity index (χ1v) is 4.04. The fraction of sp³-hybridized carbons (Fsp3) is 0. The number of aromatic amines is 1. The van der Waals surface area contributed by atoms with E-state index in [-0.39, 0.29) is 11.3 Å². The standard InChI is InChI=1S/C9H9N3O2/c10-8-5-9(14)11-12(8)6-1-3-7(13)4-2-6/h1-5,13H,10H2,(H,11,14). The van der Waals surface area contributed by atoms with Gasteiger partial charge in [0, 0.05) is 6.07 Å². The predicted molar refractivity (Wildman–Crippen MR) is 52.5 cm³/mol. The number of hydrogen-bond acceptors (Lipinski definition) is 3. The molecule has 1 aromatic carbocycles. The van der Waals surface area contributed by atoms with Gasteiger partial charge in [-0.25, -0.2) is 4.68 Å². The van der Waals surface area contributed by atoms with Crippen molar-refractivity contribution in [3.63, 3.8) is 0 Å². The Labute approximate surface area is 79.4 Å². The molecule has 0 bridgehead atoms. The van der Waals surface area contributed by atoms with E-state index in [4.69, 9.17) is 10.8 Å². The van der Waals surface area contributed by atoms with E-state index in [1.165, 1.54) is 22.9 Å². The Balaban J connectivity index is 2.54. The summed E-state index contributed by atoms with van der Waals surface area (Å²) in [6.45, 7) is 0. The third-order valence-electron chi connectivity index (χ3n) is 1.87. The van der Waals surface area contributed by atoms with Crippen molar-refractivity contribution in [3.05, 3.63) is 40.7 Å². The van der Waals surface area contributed by atoms with Crippen LogP contribution in [0, 0.1) is 0 Å². The topological polar surface area (TPSA) is 84.0 Å². The Kier molecular flexibility index (Phi) is 1.78. The molecule has 0 aliphatic carbocycles. The van der Waals surface area contributed by atoms with Gasteiger partial charge in [-0.15, -0.1) is 0 Å². The maximum atomic E-state index is 10.9. The van der Waals surface area contributed by atoms with E-state index in [1.807, 2.05) is 0 Å². The van der Waals surface area contributed by atoms with Gasteiger partial charge >= 0.3 is 0 Å². The molecule has 1 aromatic heterocycles. The van der Waals surface area contributed by atoms with Crippen molar-refractivity contribution in [3.8, 4) is 11.4 Å². The molecular weight excluding hydrogens is 182 g/mol. The maximum Gasteiger partial charge on any atom is 0.266 e. The molecule has 2 rings (SSSR count). The van der Waals surface area contributed by atoms with Crippen molar-refractivity contribution in [1.29, 1.82) is 0 Å². The number of nitrogen functional groups attached to an aromatic ring is 1. The molecule has 0 aliphatic rings. The molecule has 5 heteroatoms. The SMILES string of the molecule is Nc1cc(=O)[nH]n1-c1ccc(O)cc1. The lowest BCUT2D eigenvalue weighted by Crippen LogP contribution is -2.04. The average Bonchev–Trinajstić information content (AvgIpc) is 2.47. The number of aromatic nitrogens is 2. The van der Waals surface area contributed by atoms with E-state index in [9.17, 15) is 4.79 Å². The minimum absolute atomic E-state index is 0.168. The largest absolute Gasteiger partial charge is 0.508 e. The van der Waals surface area contributed by atoms with E-state index in [0.717, 1.165) is 0 Å². The number of hydrogen-bond donors (Lipinski definition) is 3. The summed E-state index contributed by atoms with van der Waals surface area (Å²) >= 11 is 0. The lowest BCUT2D eigenvalue weighted by atomic mass is 10.3. The number of nitrogens with two attached hydrogens (primary N) is 1. The maximum absolute atomic E-state index is 10.9. The molecule has 4 N–H and O–H groups in total. The summed E-state index contributed by atoms with van der Waals surface area (Å²) in [4.78, 5) is 10.9. The molecule has 0 amide bonds. The first-order chi connectivity index (χ1) is 6.66. The van der Waals surface area contributed by atoms with Crippen LogP contribution in [0.15, 0.2) is 35.1 Å². The quantitative estimate of drug-likeness (QED) is 0.612. The van der Waals surface area contributed by atoms with Gasteiger partial charge in [0.25, 0.3) is 5.56 Å². The third kappa shape index (κ3) is 1.35. The summed E-state index contributed by atoms with van der Waals surface area (Å²) in [5.74, 6) is 0.502. The van der Waals surface area contributed by atoms with Gasteiger partial charge in [0.05, 0.1) is 5.69 Å². The molecule has 0 saturated heterocycles. The summed E-state index contributed by atoms with van der Waals surface area (Å²) in [7, 11) is 0. The number of rotatable bonds is 1. The Morgan fingerprint density at radius 3 is 2.43 bits per heavy atom. The second kappa shape index (κ2) is 2.95. The van der Waals surface area contributed by atoms with Gasteiger partial charge in [-0.05, 0) is 24.3 Å². The van der Waals surface area contributed by atoms with Crippen molar-refractivity contribution < 1.29 is 5.11 Å². The van der Waals surface area contributed by atoms with Gasteiger partial charge in [-0.3, -0.25) is 9.89 Å². The highest BCUT2D eigenvalue weighted by Crippen LogP contribution is 2.14. The lowest BCUT2D eigenvalue weighted by Gasteiger charge is -2.03. The van der Waals surface area contributed by atoms with E-state index in [1.54, 1.807) is 12.1 Å². The fourth-order valence-electron chi connectivity index (χ4n) is 1.22. The van der Waals surface area contributed by atoms with E-state index in [0.29, 0.717) is 11.5 Å². The number of benzene rings is 1. The third-order valence-corrected chi connectivity index (χ3v) is 1.87. The zero-order valence-corrected chi connectivity index (χ0v) is 7.27. The number of phenolic OH excluding ortho intramolecular Hbond substituents is 1. The first kappa shape index (κ1) is 8.43. The van der Waals surface area contributed by atoms with Gasteiger partial charge in [0.1, 0.15) is 11.6 Å². The number of nitrogens with one attached hydrogen (secondary N) is 1. The Morgan fingerprint density at radius 2 is 1.93 bits per heavy atom. The van der Waals surface area contributed by atoms with Crippen LogP contribution in [-0.2, 0) is 0 Å². The highest BCUT2D eigenvalue weighted by Gasteiger charge is 2.01. The summed E-state index contributed by atoms with van der Waals surface area (Å²) in [6, 6.07) is 7.65. The molecule has 0 unspecified atom stereocenters. The molecule has 14 heavy (non-hydrogen) atoms. The number of anilines is 1. The number of nitrogens with zero attached hydrogens (tertiary/aromatic N) is 1. The minimum Gasteiger partial charge on any atom is -0.508 e. The minimum atomic E-state index is -0.254. The van der Waals surface area contributed by atoms with Crippen LogP contribution < -0.4 is 11.3 Å². The van der Waals surface area contributed by atoms with E-state index >= 15 is 0 Å². The van der Waals surface area contributed by atoms with Crippen molar-refractivity contribution >= 4 is 5.82 Å². The molecule has 0 spiro atoms. The summed E-state index contributed by atoms with van der Waals surface area (Å²) < 4.78 is 1.45. The van der Waals surface area contributed by atoms with Crippen LogP contribution in [0.4, 0.5) is 5.82 Å². The molecule has 0 aliphatic heterocycles. The molecule has 0 fully saturated rings. The summed E-state index contributed by atoms with van der Waals surface area (Å²) in [6.07, 6.45) is 0. The van der Waals surface area contributed by atoms with Crippen LogP contribution in [0.1, 0.15) is 0 Å². The van der Waals surface area contributed by atoms with Crippen molar-refractivity contribution in [2.24, 2.45) is 0 Å². The monoisotopic (exact) mass is 191 g/mol. The molecular formula is C9H9N3O2.